The fourth-order valence-electron chi connectivity index (χ4n) is 4.75. The van der Waals surface area contributed by atoms with Gasteiger partial charge in [0.15, 0.2) is 0 Å². The molecular formula is C23H20N6O2. The molecule has 1 aliphatic heterocycles. The van der Waals surface area contributed by atoms with Crippen molar-refractivity contribution in [1.29, 1.82) is 10.5 Å². The van der Waals surface area contributed by atoms with Crippen molar-refractivity contribution >= 4 is 17.1 Å². The lowest BCUT2D eigenvalue weighted by atomic mass is 9.75. The summed E-state index contributed by atoms with van der Waals surface area (Å²) in [5.74, 6) is 0.279. The zero-order chi connectivity index (χ0) is 21.8. The van der Waals surface area contributed by atoms with Crippen LogP contribution in [0.15, 0.2) is 36.8 Å². The van der Waals surface area contributed by atoms with Crippen LogP contribution in [0, 0.1) is 39.9 Å². The third-order valence-corrected chi connectivity index (χ3v) is 6.51. The fourth-order valence-corrected chi connectivity index (χ4v) is 4.75. The molecule has 5 rings (SSSR count). The van der Waals surface area contributed by atoms with Gasteiger partial charge in [0.2, 0.25) is 11.8 Å². The van der Waals surface area contributed by atoms with Crippen LogP contribution < -0.4 is 9.64 Å². The zero-order valence-corrected chi connectivity index (χ0v) is 17.2. The number of hydrogen-bond acceptors (Lipinski definition) is 6. The molecule has 4 heterocycles. The normalized spacial score (nSPS) is 23.0. The highest BCUT2D eigenvalue weighted by Crippen LogP contribution is 2.54. The summed E-state index contributed by atoms with van der Waals surface area (Å²) in [4.78, 5) is 19.4. The Kier molecular flexibility index (Phi) is 4.19. The molecule has 8 nitrogen and oxygen atoms in total. The number of carbonyl (C=O) groups excluding carboxylic acids is 1. The summed E-state index contributed by atoms with van der Waals surface area (Å²) in [7, 11) is 1.47. The van der Waals surface area contributed by atoms with Gasteiger partial charge in [0.1, 0.15) is 17.0 Å². The lowest BCUT2D eigenvalue weighted by Gasteiger charge is -2.23. The molecule has 2 atom stereocenters. The molecule has 1 aliphatic carbocycles. The van der Waals surface area contributed by atoms with Crippen molar-refractivity contribution in [2.24, 2.45) is 17.3 Å². The van der Waals surface area contributed by atoms with Gasteiger partial charge in [-0.1, -0.05) is 6.92 Å². The molecule has 0 bridgehead atoms. The van der Waals surface area contributed by atoms with Crippen LogP contribution in [0.1, 0.15) is 25.3 Å². The number of nitrogens with zero attached hydrogens (tertiary/aromatic N) is 6. The van der Waals surface area contributed by atoms with Gasteiger partial charge in [0.25, 0.3) is 0 Å². The fraction of sp³-hybridized carbons (Fsp3) is 0.348. The molecule has 1 amide bonds. The maximum Gasteiger partial charge on any atom is 0.248 e. The number of hydrogen-bond donors (Lipinski definition) is 0. The summed E-state index contributed by atoms with van der Waals surface area (Å²) in [6.07, 6.45) is 7.01. The smallest absolute Gasteiger partial charge is 0.248 e. The van der Waals surface area contributed by atoms with Gasteiger partial charge in [-0.05, 0) is 37.0 Å². The number of amides is 1. The second kappa shape index (κ2) is 6.82. The van der Waals surface area contributed by atoms with Crippen molar-refractivity contribution in [3.63, 3.8) is 0 Å². The van der Waals surface area contributed by atoms with Gasteiger partial charge in [-0.2, -0.15) is 15.6 Å². The van der Waals surface area contributed by atoms with E-state index in [-0.39, 0.29) is 23.6 Å². The number of carbonyl (C=O) groups is 1. The molecule has 31 heavy (non-hydrogen) atoms. The maximum absolute atomic E-state index is 13.4. The van der Waals surface area contributed by atoms with Crippen LogP contribution in [0.2, 0.25) is 0 Å². The van der Waals surface area contributed by atoms with E-state index in [1.54, 1.807) is 27.9 Å². The minimum absolute atomic E-state index is 0.0378. The van der Waals surface area contributed by atoms with Crippen molar-refractivity contribution in [2.75, 3.05) is 18.6 Å². The number of pyridine rings is 1. The molecule has 154 valence electrons. The summed E-state index contributed by atoms with van der Waals surface area (Å²) in [5.41, 5.74) is 2.47. The maximum atomic E-state index is 13.4. The van der Waals surface area contributed by atoms with E-state index in [9.17, 15) is 15.3 Å². The molecule has 8 heteroatoms. The van der Waals surface area contributed by atoms with Crippen LogP contribution in [-0.2, 0) is 4.79 Å². The highest BCUT2D eigenvalue weighted by Gasteiger charge is 2.61. The standard InChI is InChI=1S/C23H20N6O2/c1-14-11-28(22(30)23(14,13-25)18-3-4-18)19-5-6-27-29-12-17(8-20(19)29)16-7-15(9-24)21(31-2)26-10-16/h5-8,10,12,14,18H,3-4,11H2,1-2H3/t14-,23+/m1/s1. The Hall–Kier alpha value is -3.91. The molecule has 3 aromatic heterocycles. The highest BCUT2D eigenvalue weighted by molar-refractivity contribution is 6.05. The summed E-state index contributed by atoms with van der Waals surface area (Å²) in [6.45, 7) is 2.50. The van der Waals surface area contributed by atoms with Crippen molar-refractivity contribution < 1.29 is 9.53 Å². The summed E-state index contributed by atoms with van der Waals surface area (Å²) >= 11 is 0. The van der Waals surface area contributed by atoms with Gasteiger partial charge in [0, 0.05) is 42.2 Å². The Labute approximate surface area is 179 Å². The van der Waals surface area contributed by atoms with E-state index < -0.39 is 5.41 Å². The van der Waals surface area contributed by atoms with Crippen LogP contribution in [0.5, 0.6) is 5.88 Å². The highest BCUT2D eigenvalue weighted by atomic mass is 16.5. The predicted octanol–water partition coefficient (Wildman–Crippen LogP) is 3.18. The monoisotopic (exact) mass is 412 g/mol. The van der Waals surface area contributed by atoms with Crippen LogP contribution in [-0.4, -0.2) is 34.2 Å². The molecular weight excluding hydrogens is 392 g/mol. The topological polar surface area (TPSA) is 107 Å². The molecule has 3 aromatic rings. The number of ether oxygens (including phenoxy) is 1. The Morgan fingerprint density at radius 1 is 1.26 bits per heavy atom. The van der Waals surface area contributed by atoms with Gasteiger partial charge in [-0.25, -0.2) is 9.50 Å². The Bertz CT molecular complexity index is 1300. The van der Waals surface area contributed by atoms with Crippen molar-refractivity contribution in [3.8, 4) is 29.1 Å². The molecule has 0 aromatic carbocycles. The van der Waals surface area contributed by atoms with Crippen molar-refractivity contribution in [1.82, 2.24) is 14.6 Å². The first-order valence-corrected chi connectivity index (χ1v) is 10.2. The van der Waals surface area contributed by atoms with Crippen molar-refractivity contribution in [2.45, 2.75) is 19.8 Å². The first-order valence-electron chi connectivity index (χ1n) is 10.2. The number of aromatic nitrogens is 3. The summed E-state index contributed by atoms with van der Waals surface area (Å²) < 4.78 is 6.84. The minimum atomic E-state index is -0.933. The number of nitriles is 2. The number of methoxy groups -OCH3 is 1. The minimum Gasteiger partial charge on any atom is -0.480 e. The lowest BCUT2D eigenvalue weighted by molar-refractivity contribution is -0.124. The second-order valence-corrected chi connectivity index (χ2v) is 8.24. The summed E-state index contributed by atoms with van der Waals surface area (Å²) in [5, 5.41) is 23.7. The molecule has 1 saturated heterocycles. The quantitative estimate of drug-likeness (QED) is 0.651. The van der Waals surface area contributed by atoms with Crippen molar-refractivity contribution in [3.05, 3.63) is 42.4 Å². The van der Waals surface area contributed by atoms with Crippen LogP contribution in [0.4, 0.5) is 5.69 Å². The zero-order valence-electron chi connectivity index (χ0n) is 17.2. The van der Waals surface area contributed by atoms with Gasteiger partial charge in [-0.15, -0.1) is 0 Å². The van der Waals surface area contributed by atoms with Crippen LogP contribution in [0.25, 0.3) is 16.6 Å². The molecule has 2 aliphatic rings. The first kappa shape index (κ1) is 19.1. The number of rotatable bonds is 4. The Balaban J connectivity index is 1.58. The predicted molar refractivity (Wildman–Crippen MR) is 112 cm³/mol. The molecule has 1 saturated carbocycles. The molecule has 2 fully saturated rings. The van der Waals surface area contributed by atoms with E-state index in [1.807, 2.05) is 25.3 Å². The third-order valence-electron chi connectivity index (χ3n) is 6.51. The molecule has 0 radical (unpaired) electrons. The number of anilines is 1. The Morgan fingerprint density at radius 3 is 2.74 bits per heavy atom. The lowest BCUT2D eigenvalue weighted by Crippen LogP contribution is -2.37. The van der Waals surface area contributed by atoms with Gasteiger partial charge in [-0.3, -0.25) is 4.79 Å². The Morgan fingerprint density at radius 2 is 2.06 bits per heavy atom. The SMILES string of the molecule is COc1ncc(-c2cc3c(N4C[C@@H](C)[C@@](C#N)(C5CC5)C4=O)ccnn3c2)cc1C#N. The van der Waals surface area contributed by atoms with E-state index in [0.29, 0.717) is 12.1 Å². The summed E-state index contributed by atoms with van der Waals surface area (Å²) in [6, 6.07) is 9.93. The third kappa shape index (κ3) is 2.69. The van der Waals surface area contributed by atoms with Crippen LogP contribution >= 0.6 is 0 Å². The van der Waals surface area contributed by atoms with E-state index in [4.69, 9.17) is 4.74 Å². The number of fused-ring (bicyclic) bond motifs is 1. The second-order valence-electron chi connectivity index (χ2n) is 8.24. The van der Waals surface area contributed by atoms with Gasteiger partial charge in [0.05, 0.1) is 24.4 Å². The van der Waals surface area contributed by atoms with E-state index in [2.05, 4.69) is 22.2 Å². The molecule has 0 spiro atoms. The van der Waals surface area contributed by atoms with E-state index in [0.717, 1.165) is 35.2 Å². The molecule has 0 N–H and O–H groups in total. The largest absolute Gasteiger partial charge is 0.480 e. The van der Waals surface area contributed by atoms with Gasteiger partial charge < -0.3 is 9.64 Å². The van der Waals surface area contributed by atoms with Gasteiger partial charge >= 0.3 is 0 Å². The first-order chi connectivity index (χ1) is 15.0. The molecule has 0 unspecified atom stereocenters. The van der Waals surface area contributed by atoms with E-state index >= 15 is 0 Å². The average molecular weight is 412 g/mol. The van der Waals surface area contributed by atoms with E-state index in [1.165, 1.54) is 7.11 Å². The van der Waals surface area contributed by atoms with Crippen LogP contribution in [0.3, 0.4) is 0 Å². The average Bonchev–Trinajstić information content (AvgIpc) is 3.49.